The van der Waals surface area contributed by atoms with Gasteiger partial charge in [0.05, 0.1) is 11.3 Å². The maximum Gasteiger partial charge on any atom is 0.390 e. The first kappa shape index (κ1) is 16.4. The Labute approximate surface area is 114 Å². The lowest BCUT2D eigenvalue weighted by atomic mass is 10.1. The van der Waals surface area contributed by atoms with Gasteiger partial charge in [-0.1, -0.05) is 0 Å². The number of rotatable bonds is 4. The molecule has 0 aliphatic rings. The van der Waals surface area contributed by atoms with Crippen molar-refractivity contribution in [1.29, 1.82) is 0 Å². The van der Waals surface area contributed by atoms with Gasteiger partial charge in [-0.25, -0.2) is 13.6 Å². The second-order valence-corrected chi connectivity index (χ2v) is 5.76. The number of alkyl halides is 3. The number of hydrogen-bond donors (Lipinski definition) is 2. The molecule has 0 bridgehead atoms. The molecule has 112 valence electrons. The molecule has 9 heteroatoms. The molecular formula is C11H13F3N2O3S. The fourth-order valence-corrected chi connectivity index (χ4v) is 2.10. The molecule has 1 rings (SSSR count). The first-order chi connectivity index (χ1) is 8.99. The highest BCUT2D eigenvalue weighted by molar-refractivity contribution is 7.89. The minimum absolute atomic E-state index is 0.0591. The fraction of sp³-hybridized carbons (Fsp3) is 0.364. The molecule has 0 spiro atoms. The van der Waals surface area contributed by atoms with Crippen LogP contribution in [0.3, 0.4) is 0 Å². The van der Waals surface area contributed by atoms with Crippen LogP contribution in [0.1, 0.15) is 22.3 Å². The normalized spacial score (nSPS) is 12.2. The zero-order chi connectivity index (χ0) is 15.6. The van der Waals surface area contributed by atoms with Gasteiger partial charge in [0.15, 0.2) is 0 Å². The van der Waals surface area contributed by atoms with Crippen molar-refractivity contribution in [3.05, 3.63) is 29.3 Å². The molecule has 1 amide bonds. The molecule has 0 fully saturated rings. The van der Waals surface area contributed by atoms with E-state index in [1.807, 2.05) is 0 Å². The lowest BCUT2D eigenvalue weighted by molar-refractivity contribution is -0.132. The van der Waals surface area contributed by atoms with Crippen LogP contribution in [0.15, 0.2) is 23.1 Å². The number of nitrogens with one attached hydrogen (secondary N) is 1. The third kappa shape index (κ3) is 5.17. The predicted octanol–water partition coefficient (Wildman–Crippen LogP) is 1.32. The number of hydrogen-bond acceptors (Lipinski definition) is 3. The van der Waals surface area contributed by atoms with Crippen molar-refractivity contribution in [2.24, 2.45) is 5.14 Å². The average molecular weight is 310 g/mol. The van der Waals surface area contributed by atoms with E-state index in [1.54, 1.807) is 6.92 Å². The molecule has 0 saturated heterocycles. The second kappa shape index (κ2) is 5.80. The summed E-state index contributed by atoms with van der Waals surface area (Å²) >= 11 is 0. The number of aryl methyl sites for hydroxylation is 1. The van der Waals surface area contributed by atoms with Crippen molar-refractivity contribution in [1.82, 2.24) is 5.32 Å². The number of amides is 1. The monoisotopic (exact) mass is 310 g/mol. The van der Waals surface area contributed by atoms with Crippen LogP contribution >= 0.6 is 0 Å². The van der Waals surface area contributed by atoms with Crippen LogP contribution in [0.4, 0.5) is 13.2 Å². The molecule has 1 aromatic carbocycles. The van der Waals surface area contributed by atoms with E-state index in [4.69, 9.17) is 5.14 Å². The van der Waals surface area contributed by atoms with E-state index in [-0.39, 0.29) is 10.5 Å². The largest absolute Gasteiger partial charge is 0.390 e. The zero-order valence-corrected chi connectivity index (χ0v) is 11.3. The first-order valence-corrected chi connectivity index (χ1v) is 7.03. The molecule has 0 saturated carbocycles. The molecule has 0 radical (unpaired) electrons. The van der Waals surface area contributed by atoms with Crippen molar-refractivity contribution in [2.75, 3.05) is 6.54 Å². The summed E-state index contributed by atoms with van der Waals surface area (Å²) in [6, 6.07) is 3.64. The first-order valence-electron chi connectivity index (χ1n) is 5.48. The summed E-state index contributed by atoms with van der Waals surface area (Å²) in [5, 5.41) is 7.01. The topological polar surface area (TPSA) is 89.3 Å². The van der Waals surface area contributed by atoms with Gasteiger partial charge in [0.25, 0.3) is 5.91 Å². The molecule has 0 aliphatic heterocycles. The maximum atomic E-state index is 11.9. The molecule has 0 unspecified atom stereocenters. The SMILES string of the molecule is Cc1cc(C(=O)NCCC(F)(F)F)cc(S(N)(=O)=O)c1. The fourth-order valence-electron chi connectivity index (χ4n) is 1.46. The highest BCUT2D eigenvalue weighted by atomic mass is 32.2. The van der Waals surface area contributed by atoms with E-state index < -0.39 is 35.1 Å². The highest BCUT2D eigenvalue weighted by Crippen LogP contribution is 2.18. The smallest absolute Gasteiger partial charge is 0.352 e. The van der Waals surface area contributed by atoms with E-state index in [0.29, 0.717) is 5.56 Å². The minimum atomic E-state index is -4.37. The van der Waals surface area contributed by atoms with Gasteiger partial charge >= 0.3 is 6.18 Å². The molecular weight excluding hydrogens is 297 g/mol. The number of sulfonamides is 1. The molecule has 0 aliphatic carbocycles. The Balaban J connectivity index is 2.86. The van der Waals surface area contributed by atoms with Gasteiger partial charge in [0.2, 0.25) is 10.0 Å². The van der Waals surface area contributed by atoms with Gasteiger partial charge in [0.1, 0.15) is 0 Å². The molecule has 3 N–H and O–H groups in total. The Morgan fingerprint density at radius 3 is 2.40 bits per heavy atom. The lowest BCUT2D eigenvalue weighted by Crippen LogP contribution is -2.28. The van der Waals surface area contributed by atoms with Crippen LogP contribution < -0.4 is 10.5 Å². The van der Waals surface area contributed by atoms with Crippen LogP contribution in [0.5, 0.6) is 0 Å². The van der Waals surface area contributed by atoms with E-state index in [1.165, 1.54) is 12.1 Å². The Bertz CT molecular complexity index is 612. The van der Waals surface area contributed by atoms with Crippen molar-refractivity contribution in [2.45, 2.75) is 24.4 Å². The Morgan fingerprint density at radius 2 is 1.90 bits per heavy atom. The van der Waals surface area contributed by atoms with Crippen LogP contribution in [-0.2, 0) is 10.0 Å². The minimum Gasteiger partial charge on any atom is -0.352 e. The second-order valence-electron chi connectivity index (χ2n) is 4.20. The van der Waals surface area contributed by atoms with Gasteiger partial charge in [-0.15, -0.1) is 0 Å². The van der Waals surface area contributed by atoms with Crippen LogP contribution in [-0.4, -0.2) is 27.0 Å². The summed E-state index contributed by atoms with van der Waals surface area (Å²) in [4.78, 5) is 11.4. The standard InChI is InChI=1S/C11H13F3N2O3S/c1-7-4-8(6-9(5-7)20(15,18)19)10(17)16-3-2-11(12,13)14/h4-6H,2-3H2,1H3,(H,16,17)(H2,15,18,19). The predicted molar refractivity (Wildman–Crippen MR) is 65.6 cm³/mol. The van der Waals surface area contributed by atoms with Crippen LogP contribution in [0, 0.1) is 6.92 Å². The van der Waals surface area contributed by atoms with E-state index in [0.717, 1.165) is 6.07 Å². The maximum absolute atomic E-state index is 11.9. The van der Waals surface area contributed by atoms with Gasteiger partial charge in [0, 0.05) is 12.1 Å². The van der Waals surface area contributed by atoms with Crippen molar-refractivity contribution < 1.29 is 26.4 Å². The van der Waals surface area contributed by atoms with E-state index >= 15 is 0 Å². The van der Waals surface area contributed by atoms with E-state index in [9.17, 15) is 26.4 Å². The average Bonchev–Trinajstić information content (AvgIpc) is 2.25. The summed E-state index contributed by atoms with van der Waals surface area (Å²) in [5.74, 6) is -0.789. The van der Waals surface area contributed by atoms with E-state index in [2.05, 4.69) is 5.32 Å². The lowest BCUT2D eigenvalue weighted by Gasteiger charge is -2.09. The molecule has 20 heavy (non-hydrogen) atoms. The Hall–Kier alpha value is -1.61. The summed E-state index contributed by atoms with van der Waals surface area (Å²) in [6.45, 7) is 0.960. The molecule has 0 heterocycles. The summed E-state index contributed by atoms with van der Waals surface area (Å²) in [6.07, 6.45) is -5.53. The number of primary sulfonamides is 1. The van der Waals surface area contributed by atoms with Crippen LogP contribution in [0.25, 0.3) is 0 Å². The molecule has 0 atom stereocenters. The Kier molecular flexibility index (Phi) is 4.77. The number of halogens is 3. The molecule has 1 aromatic rings. The molecule has 5 nitrogen and oxygen atoms in total. The summed E-state index contributed by atoms with van der Waals surface area (Å²) in [5.41, 5.74) is 0.397. The van der Waals surface area contributed by atoms with Crippen molar-refractivity contribution in [3.8, 4) is 0 Å². The zero-order valence-electron chi connectivity index (χ0n) is 10.5. The number of nitrogens with two attached hydrogens (primary N) is 1. The Morgan fingerprint density at radius 1 is 1.30 bits per heavy atom. The highest BCUT2D eigenvalue weighted by Gasteiger charge is 2.26. The van der Waals surface area contributed by atoms with Gasteiger partial charge < -0.3 is 5.32 Å². The number of carbonyl (C=O) groups excluding carboxylic acids is 1. The quantitative estimate of drug-likeness (QED) is 0.879. The number of carbonyl (C=O) groups is 1. The van der Waals surface area contributed by atoms with Crippen molar-refractivity contribution in [3.63, 3.8) is 0 Å². The van der Waals surface area contributed by atoms with Crippen molar-refractivity contribution >= 4 is 15.9 Å². The summed E-state index contributed by atoms with van der Waals surface area (Å²) in [7, 11) is -3.99. The van der Waals surface area contributed by atoms with Crippen LogP contribution in [0.2, 0.25) is 0 Å². The molecule has 0 aromatic heterocycles. The van der Waals surface area contributed by atoms with Gasteiger partial charge in [-0.05, 0) is 30.7 Å². The number of benzene rings is 1. The third-order valence-corrected chi connectivity index (χ3v) is 3.23. The van der Waals surface area contributed by atoms with Gasteiger partial charge in [-0.2, -0.15) is 13.2 Å². The summed E-state index contributed by atoms with van der Waals surface area (Å²) < 4.78 is 58.2. The van der Waals surface area contributed by atoms with Gasteiger partial charge in [-0.3, -0.25) is 4.79 Å². The third-order valence-electron chi connectivity index (χ3n) is 2.34.